The van der Waals surface area contributed by atoms with Crippen LogP contribution in [-0.4, -0.2) is 77.4 Å². The number of aromatic amines is 1. The van der Waals surface area contributed by atoms with Crippen molar-refractivity contribution < 1.29 is 36.2 Å². The van der Waals surface area contributed by atoms with Gasteiger partial charge in [0.2, 0.25) is 0 Å². The van der Waals surface area contributed by atoms with Crippen LogP contribution in [-0.2, 0) is 6.42 Å². The Morgan fingerprint density at radius 2 is 1.82 bits per heavy atom. The molecule has 11 heteroatoms. The number of ether oxygens (including phenoxy) is 1. The van der Waals surface area contributed by atoms with Crippen LogP contribution in [0.3, 0.4) is 0 Å². The van der Waals surface area contributed by atoms with Gasteiger partial charge in [0.25, 0.3) is 5.92 Å². The van der Waals surface area contributed by atoms with Gasteiger partial charge in [0.1, 0.15) is 35.9 Å². The number of fused-ring (bicyclic) bond motifs is 3. The largest absolute Gasteiger partial charge is 0.488 e. The zero-order valence-corrected chi connectivity index (χ0v) is 20.8. The number of nitrogens with one attached hydrogen (secondary N) is 1. The predicted molar refractivity (Wildman–Crippen MR) is 130 cm³/mol. The van der Waals surface area contributed by atoms with Crippen LogP contribution in [0, 0.1) is 17.5 Å². The first-order valence-electron chi connectivity index (χ1n) is 12.6. The summed E-state index contributed by atoms with van der Waals surface area (Å²) in [6, 6.07) is 4.23. The van der Waals surface area contributed by atoms with E-state index in [1.165, 1.54) is 23.1 Å². The normalized spacial score (nSPS) is 21.1. The van der Waals surface area contributed by atoms with E-state index in [-0.39, 0.29) is 18.3 Å². The molecule has 2 aliphatic rings. The molecule has 2 N–H and O–H groups in total. The standard InChI is InChI=1S/C27H29F6N3O2/c1-15-7-20-19-8-16(29)3-4-23(19)34-25(20)26(36(15)13-27(32,33)14-37)24-21(30)9-17(10-22(24)31)38-18-11-35(12-18)6-2-5-28/h3-4,8-10,15,18,26,34,37H,2,5-7,11-14H2,1H3/t15-,26-/m0/s1. The Labute approximate surface area is 216 Å². The van der Waals surface area contributed by atoms with Crippen molar-refractivity contribution in [2.45, 2.75) is 43.9 Å². The van der Waals surface area contributed by atoms with Gasteiger partial charge in [0.05, 0.1) is 19.3 Å². The smallest absolute Gasteiger partial charge is 0.283 e. The van der Waals surface area contributed by atoms with Crippen LogP contribution >= 0.6 is 0 Å². The van der Waals surface area contributed by atoms with Crippen LogP contribution in [0.25, 0.3) is 10.9 Å². The predicted octanol–water partition coefficient (Wildman–Crippen LogP) is 4.97. The van der Waals surface area contributed by atoms with E-state index in [1.807, 2.05) is 4.90 Å². The van der Waals surface area contributed by atoms with E-state index in [9.17, 15) is 22.7 Å². The summed E-state index contributed by atoms with van der Waals surface area (Å²) >= 11 is 0. The highest BCUT2D eigenvalue weighted by Crippen LogP contribution is 2.44. The van der Waals surface area contributed by atoms with E-state index in [0.717, 1.165) is 12.1 Å². The van der Waals surface area contributed by atoms with E-state index in [1.54, 1.807) is 6.92 Å². The number of halogens is 6. The maximum atomic E-state index is 15.6. The van der Waals surface area contributed by atoms with Crippen molar-refractivity contribution in [2.75, 3.05) is 39.5 Å². The second-order valence-electron chi connectivity index (χ2n) is 10.2. The molecule has 1 aromatic heterocycles. The van der Waals surface area contributed by atoms with Crippen LogP contribution in [0.2, 0.25) is 0 Å². The maximum absolute atomic E-state index is 15.6. The van der Waals surface area contributed by atoms with E-state index in [2.05, 4.69) is 4.98 Å². The number of alkyl halides is 3. The summed E-state index contributed by atoms with van der Waals surface area (Å²) in [7, 11) is 0. The molecule has 0 bridgehead atoms. The number of hydrogen-bond acceptors (Lipinski definition) is 4. The van der Waals surface area contributed by atoms with Crippen molar-refractivity contribution in [3.05, 3.63) is 64.6 Å². The van der Waals surface area contributed by atoms with Crippen molar-refractivity contribution in [2.24, 2.45) is 0 Å². The summed E-state index contributed by atoms with van der Waals surface area (Å²) < 4.78 is 92.2. The second kappa shape index (κ2) is 10.4. The van der Waals surface area contributed by atoms with Crippen LogP contribution in [0.1, 0.15) is 36.2 Å². The van der Waals surface area contributed by atoms with Crippen molar-refractivity contribution in [1.82, 2.24) is 14.8 Å². The van der Waals surface area contributed by atoms with Crippen molar-refractivity contribution in [1.29, 1.82) is 0 Å². The molecular weight excluding hydrogens is 512 g/mol. The van der Waals surface area contributed by atoms with Gasteiger partial charge in [-0.05, 0) is 43.5 Å². The number of hydrogen-bond donors (Lipinski definition) is 2. The maximum Gasteiger partial charge on any atom is 0.283 e. The van der Waals surface area contributed by atoms with E-state index < -0.39 is 60.8 Å². The molecule has 0 unspecified atom stereocenters. The van der Waals surface area contributed by atoms with Crippen molar-refractivity contribution in [3.63, 3.8) is 0 Å². The van der Waals surface area contributed by atoms with E-state index >= 15 is 8.78 Å². The molecule has 5 rings (SSSR count). The number of aromatic nitrogens is 1. The zero-order valence-electron chi connectivity index (χ0n) is 20.8. The molecule has 0 spiro atoms. The number of rotatable bonds is 9. The first-order chi connectivity index (χ1) is 18.1. The molecule has 0 amide bonds. The topological polar surface area (TPSA) is 51.7 Å². The Morgan fingerprint density at radius 3 is 2.47 bits per heavy atom. The minimum absolute atomic E-state index is 0.0334. The fourth-order valence-corrected chi connectivity index (χ4v) is 5.55. The SMILES string of the molecule is C[C@H]1Cc2c([nH]c3ccc(F)cc23)[C@H](c2c(F)cc(OC3CN(CCCF)C3)cc2F)N1CC(F)(F)CO. The lowest BCUT2D eigenvalue weighted by Gasteiger charge is -2.42. The number of H-pyrrole nitrogens is 1. The lowest BCUT2D eigenvalue weighted by atomic mass is 9.87. The molecule has 5 nitrogen and oxygen atoms in total. The molecule has 2 atom stereocenters. The second-order valence-corrected chi connectivity index (χ2v) is 10.2. The molecule has 3 heterocycles. The zero-order chi connectivity index (χ0) is 27.2. The quantitative estimate of drug-likeness (QED) is 0.376. The fraction of sp³-hybridized carbons (Fsp3) is 0.481. The summed E-state index contributed by atoms with van der Waals surface area (Å²) in [5, 5.41) is 9.74. The monoisotopic (exact) mass is 541 g/mol. The summed E-state index contributed by atoms with van der Waals surface area (Å²) in [5.41, 5.74) is 0.977. The molecule has 0 radical (unpaired) electrons. The summed E-state index contributed by atoms with van der Waals surface area (Å²) in [6.45, 7) is 0.451. The molecule has 206 valence electrons. The highest BCUT2D eigenvalue weighted by Gasteiger charge is 2.43. The minimum atomic E-state index is -3.52. The number of aliphatic hydroxyl groups is 1. The van der Waals surface area contributed by atoms with Crippen molar-refractivity contribution >= 4 is 10.9 Å². The molecule has 2 aliphatic heterocycles. The highest BCUT2D eigenvalue weighted by molar-refractivity contribution is 5.85. The molecule has 0 aliphatic carbocycles. The van der Waals surface area contributed by atoms with Crippen molar-refractivity contribution in [3.8, 4) is 5.75 Å². The number of likely N-dealkylation sites (tertiary alicyclic amines) is 1. The van der Waals surface area contributed by atoms with Gasteiger partial charge in [0.15, 0.2) is 0 Å². The third-order valence-corrected chi connectivity index (χ3v) is 7.38. The highest BCUT2D eigenvalue weighted by atomic mass is 19.3. The van der Waals surface area contributed by atoms with Gasteiger partial charge in [0, 0.05) is 60.0 Å². The molecule has 2 aromatic carbocycles. The Bertz CT molecular complexity index is 1290. The lowest BCUT2D eigenvalue weighted by molar-refractivity contribution is -0.0869. The third-order valence-electron chi connectivity index (χ3n) is 7.38. The van der Waals surface area contributed by atoms with Gasteiger partial charge in [-0.15, -0.1) is 0 Å². The van der Waals surface area contributed by atoms with Gasteiger partial charge in [-0.25, -0.2) is 22.0 Å². The molecule has 3 aromatic rings. The fourth-order valence-electron chi connectivity index (χ4n) is 5.55. The van der Waals surface area contributed by atoms with E-state index in [0.29, 0.717) is 48.2 Å². The Balaban J connectivity index is 1.52. The van der Waals surface area contributed by atoms with Gasteiger partial charge in [-0.2, -0.15) is 0 Å². The number of aliphatic hydroxyl groups excluding tert-OH is 1. The lowest BCUT2D eigenvalue weighted by Crippen LogP contribution is -2.53. The molecule has 38 heavy (non-hydrogen) atoms. The minimum Gasteiger partial charge on any atom is -0.488 e. The summed E-state index contributed by atoms with van der Waals surface area (Å²) in [6.07, 6.45) is 0.337. The Morgan fingerprint density at radius 1 is 1.11 bits per heavy atom. The first-order valence-corrected chi connectivity index (χ1v) is 12.6. The van der Waals surface area contributed by atoms with Crippen LogP contribution in [0.15, 0.2) is 30.3 Å². The average molecular weight is 542 g/mol. The Kier molecular flexibility index (Phi) is 7.36. The summed E-state index contributed by atoms with van der Waals surface area (Å²) in [4.78, 5) is 6.31. The first kappa shape index (κ1) is 26.8. The van der Waals surface area contributed by atoms with Gasteiger partial charge in [-0.3, -0.25) is 14.2 Å². The van der Waals surface area contributed by atoms with E-state index in [4.69, 9.17) is 4.74 Å². The molecule has 1 fully saturated rings. The van der Waals surface area contributed by atoms with Gasteiger partial charge < -0.3 is 14.8 Å². The number of benzene rings is 2. The van der Waals surface area contributed by atoms with Crippen LogP contribution in [0.5, 0.6) is 5.75 Å². The van der Waals surface area contributed by atoms with Gasteiger partial charge >= 0.3 is 0 Å². The van der Waals surface area contributed by atoms with Crippen LogP contribution in [0.4, 0.5) is 26.3 Å². The molecule has 0 saturated carbocycles. The Hall–Kier alpha value is -2.76. The van der Waals surface area contributed by atoms with Gasteiger partial charge in [-0.1, -0.05) is 0 Å². The third kappa shape index (κ3) is 5.11. The number of nitrogens with zero attached hydrogens (tertiary/aromatic N) is 2. The molecule has 1 saturated heterocycles. The molecular formula is C27H29F6N3O2. The van der Waals surface area contributed by atoms with Crippen LogP contribution < -0.4 is 4.74 Å². The average Bonchev–Trinajstić information content (AvgIpc) is 3.18. The summed E-state index contributed by atoms with van der Waals surface area (Å²) in [5.74, 6) is -5.98.